The maximum Gasteiger partial charge on any atom is 0.269 e. The van der Waals surface area contributed by atoms with Gasteiger partial charge < -0.3 is 5.32 Å². The van der Waals surface area contributed by atoms with Crippen LogP contribution in [0.25, 0.3) is 0 Å². The number of halogens is 1. The molecule has 0 radical (unpaired) electrons. The van der Waals surface area contributed by atoms with E-state index in [-0.39, 0.29) is 22.9 Å². The molecular formula is C25H20FN3O4. The van der Waals surface area contributed by atoms with Crippen molar-refractivity contribution in [1.82, 2.24) is 4.90 Å². The fourth-order valence-corrected chi connectivity index (χ4v) is 5.36. The third kappa shape index (κ3) is 3.06. The van der Waals surface area contributed by atoms with Crippen LogP contribution in [0.2, 0.25) is 0 Å². The minimum absolute atomic E-state index is 0.0830. The first-order chi connectivity index (χ1) is 15.8. The van der Waals surface area contributed by atoms with E-state index in [4.69, 9.17) is 0 Å². The first-order valence-electron chi connectivity index (χ1n) is 10.5. The highest BCUT2D eigenvalue weighted by Gasteiger charge is 2.64. The van der Waals surface area contributed by atoms with Crippen LogP contribution in [0.4, 0.5) is 15.8 Å². The van der Waals surface area contributed by atoms with Gasteiger partial charge in [0, 0.05) is 41.4 Å². The molecule has 1 fully saturated rings. The van der Waals surface area contributed by atoms with Gasteiger partial charge in [-0.25, -0.2) is 4.39 Å². The fraction of sp³-hybridized carbons (Fsp3) is 0.200. The molecule has 166 valence electrons. The number of nitrogens with one attached hydrogen (secondary N) is 1. The number of rotatable bonds is 4. The maximum atomic E-state index is 14.0. The molecule has 1 spiro atoms. The van der Waals surface area contributed by atoms with Gasteiger partial charge >= 0.3 is 0 Å². The maximum absolute atomic E-state index is 14.0. The van der Waals surface area contributed by atoms with Crippen LogP contribution < -0.4 is 5.32 Å². The number of benzene rings is 3. The number of amides is 1. The third-order valence-electron chi connectivity index (χ3n) is 6.78. The molecule has 1 N–H and O–H groups in total. The topological polar surface area (TPSA) is 92.5 Å². The highest BCUT2D eigenvalue weighted by molar-refractivity contribution is 6.12. The molecule has 2 aliphatic rings. The van der Waals surface area contributed by atoms with Crippen molar-refractivity contribution in [2.45, 2.75) is 11.5 Å². The Morgan fingerprint density at radius 1 is 1.12 bits per heavy atom. The van der Waals surface area contributed by atoms with E-state index < -0.39 is 28.1 Å². The number of carbonyl (C=O) groups is 2. The van der Waals surface area contributed by atoms with Gasteiger partial charge in [0.05, 0.1) is 10.8 Å². The summed E-state index contributed by atoms with van der Waals surface area (Å²) in [7, 11) is 1.78. The van der Waals surface area contributed by atoms with Crippen LogP contribution in [0.3, 0.4) is 0 Å². The minimum Gasteiger partial charge on any atom is -0.324 e. The summed E-state index contributed by atoms with van der Waals surface area (Å²) in [4.78, 5) is 40.3. The van der Waals surface area contributed by atoms with Crippen molar-refractivity contribution in [1.29, 1.82) is 0 Å². The van der Waals surface area contributed by atoms with Crippen LogP contribution >= 0.6 is 0 Å². The number of fused-ring (bicyclic) bond motifs is 2. The molecule has 5 rings (SSSR count). The first-order valence-corrected chi connectivity index (χ1v) is 10.5. The lowest BCUT2D eigenvalue weighted by Crippen LogP contribution is -2.51. The van der Waals surface area contributed by atoms with Crippen LogP contribution in [-0.4, -0.2) is 35.1 Å². The summed E-state index contributed by atoms with van der Waals surface area (Å²) in [6.45, 7) is 0.334. The van der Waals surface area contributed by atoms with Gasteiger partial charge in [-0.15, -0.1) is 0 Å². The van der Waals surface area contributed by atoms with Gasteiger partial charge in [-0.05, 0) is 42.9 Å². The highest BCUT2D eigenvalue weighted by atomic mass is 19.1. The molecule has 1 saturated heterocycles. The zero-order valence-corrected chi connectivity index (χ0v) is 17.7. The average molecular weight is 445 g/mol. The lowest BCUT2D eigenvalue weighted by molar-refractivity contribution is -0.384. The smallest absolute Gasteiger partial charge is 0.269 e. The predicted molar refractivity (Wildman–Crippen MR) is 119 cm³/mol. The van der Waals surface area contributed by atoms with E-state index >= 15 is 0 Å². The van der Waals surface area contributed by atoms with Crippen molar-refractivity contribution in [3.8, 4) is 0 Å². The Balaban J connectivity index is 1.72. The van der Waals surface area contributed by atoms with Crippen molar-refractivity contribution in [2.75, 3.05) is 18.9 Å². The molecule has 2 heterocycles. The number of carbonyl (C=O) groups excluding carboxylic acids is 2. The largest absolute Gasteiger partial charge is 0.324 e. The molecule has 1 amide bonds. The number of para-hydroxylation sites is 1. The molecule has 0 saturated carbocycles. The Kier molecular flexibility index (Phi) is 4.83. The zero-order chi connectivity index (χ0) is 23.3. The van der Waals surface area contributed by atoms with Gasteiger partial charge in [-0.3, -0.25) is 24.6 Å². The van der Waals surface area contributed by atoms with E-state index in [1.165, 1.54) is 36.4 Å². The van der Waals surface area contributed by atoms with Gasteiger partial charge in [0.15, 0.2) is 5.78 Å². The van der Waals surface area contributed by atoms with Crippen LogP contribution in [-0.2, 0) is 10.3 Å². The molecule has 33 heavy (non-hydrogen) atoms. The van der Waals surface area contributed by atoms with E-state index in [1.54, 1.807) is 25.2 Å². The lowest BCUT2D eigenvalue weighted by atomic mass is 9.70. The van der Waals surface area contributed by atoms with E-state index in [1.807, 2.05) is 23.1 Å². The fourth-order valence-electron chi connectivity index (χ4n) is 5.36. The molecule has 0 aromatic heterocycles. The number of non-ortho nitro benzene ring substituents is 1. The Morgan fingerprint density at radius 3 is 2.58 bits per heavy atom. The number of ketones is 1. The summed E-state index contributed by atoms with van der Waals surface area (Å²) in [5.41, 5.74) is 0.823. The molecule has 3 atom stereocenters. The van der Waals surface area contributed by atoms with Crippen LogP contribution in [0.1, 0.15) is 27.4 Å². The number of likely N-dealkylation sites (tertiary alicyclic amines) is 1. The van der Waals surface area contributed by atoms with Crippen LogP contribution in [0.5, 0.6) is 0 Å². The molecule has 0 bridgehead atoms. The Bertz CT molecular complexity index is 1290. The van der Waals surface area contributed by atoms with Crippen LogP contribution in [0.15, 0.2) is 72.8 Å². The number of hydrogen-bond donors (Lipinski definition) is 1. The van der Waals surface area contributed by atoms with E-state index in [2.05, 4.69) is 5.32 Å². The van der Waals surface area contributed by atoms with Gasteiger partial charge in [-0.2, -0.15) is 0 Å². The SMILES string of the molecule is CN1C[C@H](c2cccc([N+](=O)[O-])c2)[C@H](C(=O)c2ccc(F)cc2)[C@]12C(=O)Nc1ccccc12. The van der Waals surface area contributed by atoms with Crippen molar-refractivity contribution in [2.24, 2.45) is 5.92 Å². The summed E-state index contributed by atoms with van der Waals surface area (Å²) in [6, 6.07) is 18.7. The third-order valence-corrected chi connectivity index (χ3v) is 6.78. The van der Waals surface area contributed by atoms with E-state index in [0.29, 0.717) is 23.4 Å². The minimum atomic E-state index is -1.29. The van der Waals surface area contributed by atoms with Crippen LogP contribution in [0, 0.1) is 21.8 Å². The first kappa shape index (κ1) is 21.0. The number of nitrogens with zero attached hydrogens (tertiary/aromatic N) is 2. The molecule has 3 aromatic carbocycles. The van der Waals surface area contributed by atoms with Gasteiger partial charge in [-0.1, -0.05) is 30.3 Å². The number of nitro benzene ring substituents is 1. The second-order valence-electron chi connectivity index (χ2n) is 8.45. The monoisotopic (exact) mass is 445 g/mol. The van der Waals surface area contributed by atoms with Gasteiger partial charge in [0.2, 0.25) is 5.91 Å². The Hall–Kier alpha value is -3.91. The molecule has 3 aromatic rings. The molecule has 8 heteroatoms. The quantitative estimate of drug-likeness (QED) is 0.371. The molecular weight excluding hydrogens is 425 g/mol. The van der Waals surface area contributed by atoms with Crippen molar-refractivity contribution >= 4 is 23.1 Å². The van der Waals surface area contributed by atoms with Crippen molar-refractivity contribution in [3.05, 3.63) is 105 Å². The van der Waals surface area contributed by atoms with Crippen molar-refractivity contribution in [3.63, 3.8) is 0 Å². The highest BCUT2D eigenvalue weighted by Crippen LogP contribution is 2.55. The summed E-state index contributed by atoms with van der Waals surface area (Å²) < 4.78 is 13.6. The second-order valence-corrected chi connectivity index (χ2v) is 8.45. The molecule has 0 aliphatic carbocycles. The van der Waals surface area contributed by atoms with Gasteiger partial charge in [0.1, 0.15) is 11.4 Å². The number of Topliss-reactive ketones (excluding diaryl/α,β-unsaturated/α-hetero) is 1. The van der Waals surface area contributed by atoms with Gasteiger partial charge in [0.25, 0.3) is 5.69 Å². The predicted octanol–water partition coefficient (Wildman–Crippen LogP) is 4.11. The zero-order valence-electron chi connectivity index (χ0n) is 17.7. The van der Waals surface area contributed by atoms with Crippen molar-refractivity contribution < 1.29 is 18.9 Å². The number of hydrogen-bond acceptors (Lipinski definition) is 5. The number of likely N-dealkylation sites (N-methyl/N-ethyl adjacent to an activating group) is 1. The standard InChI is InChI=1S/C25H20FN3O4/c1-28-14-19(16-5-4-6-18(13-16)29(32)33)22(23(30)15-9-11-17(26)12-10-15)25(28)20-7-2-3-8-21(20)27-24(25)31/h2-13,19,22H,14H2,1H3,(H,27,31)/t19-,22-,25-/m1/s1. The summed E-state index contributed by atoms with van der Waals surface area (Å²) in [6.07, 6.45) is 0. The summed E-state index contributed by atoms with van der Waals surface area (Å²) in [5, 5.41) is 14.3. The average Bonchev–Trinajstić information content (AvgIpc) is 3.29. The molecule has 7 nitrogen and oxygen atoms in total. The second kappa shape index (κ2) is 7.60. The summed E-state index contributed by atoms with van der Waals surface area (Å²) >= 11 is 0. The lowest BCUT2D eigenvalue weighted by Gasteiger charge is -2.35. The normalized spacial score (nSPS) is 24.0. The van der Waals surface area contributed by atoms with E-state index in [0.717, 1.165) is 0 Å². The molecule has 0 unspecified atom stereocenters. The number of anilines is 1. The Labute approximate surface area is 189 Å². The number of nitro groups is 1. The summed E-state index contributed by atoms with van der Waals surface area (Å²) in [5.74, 6) is -2.48. The molecule has 2 aliphatic heterocycles. The Morgan fingerprint density at radius 2 is 1.85 bits per heavy atom. The van der Waals surface area contributed by atoms with E-state index in [9.17, 15) is 24.1 Å².